The van der Waals surface area contributed by atoms with Crippen molar-refractivity contribution >= 4 is 17.6 Å². The summed E-state index contributed by atoms with van der Waals surface area (Å²) >= 11 is 6.36. The van der Waals surface area contributed by atoms with Gasteiger partial charge in [0.2, 0.25) is 0 Å². The minimum atomic E-state index is -0.327. The molecule has 27 heavy (non-hydrogen) atoms. The van der Waals surface area contributed by atoms with Crippen LogP contribution in [0, 0.1) is 6.92 Å². The Morgan fingerprint density at radius 3 is 2.96 bits per heavy atom. The van der Waals surface area contributed by atoms with Crippen molar-refractivity contribution in [1.29, 1.82) is 0 Å². The Labute approximate surface area is 162 Å². The molecular formula is C20H21ClN2O4. The number of carbonyl (C=O) groups excluding carboxylic acids is 1. The fourth-order valence-corrected chi connectivity index (χ4v) is 3.13. The summed E-state index contributed by atoms with van der Waals surface area (Å²) in [7, 11) is 0. The first kappa shape index (κ1) is 19.3. The van der Waals surface area contributed by atoms with Crippen molar-refractivity contribution in [3.05, 3.63) is 74.2 Å². The molecule has 0 amide bonds. The molecule has 1 N–H and O–H groups in total. The topological polar surface area (TPSA) is 81.3 Å². The molecule has 0 bridgehead atoms. The normalized spacial score (nSPS) is 19.1. The molecule has 0 spiro atoms. The monoisotopic (exact) mass is 388 g/mol. The number of H-pyrrole nitrogens is 1. The van der Waals surface area contributed by atoms with Crippen LogP contribution in [0.5, 0.6) is 0 Å². The van der Waals surface area contributed by atoms with E-state index in [9.17, 15) is 9.59 Å². The van der Waals surface area contributed by atoms with Crippen LogP contribution in [-0.4, -0.2) is 28.9 Å². The maximum absolute atomic E-state index is 11.5. The first-order chi connectivity index (χ1) is 12.9. The van der Waals surface area contributed by atoms with E-state index in [0.717, 1.165) is 23.2 Å². The van der Waals surface area contributed by atoms with E-state index < -0.39 is 0 Å². The van der Waals surface area contributed by atoms with Gasteiger partial charge in [0.25, 0.3) is 5.56 Å². The number of aromatic amines is 1. The molecule has 0 aliphatic carbocycles. The van der Waals surface area contributed by atoms with Crippen molar-refractivity contribution in [3.63, 3.8) is 0 Å². The van der Waals surface area contributed by atoms with E-state index >= 15 is 0 Å². The Bertz CT molecular complexity index is 922. The van der Waals surface area contributed by atoms with Gasteiger partial charge in [-0.3, -0.25) is 9.59 Å². The molecule has 1 aliphatic rings. The van der Waals surface area contributed by atoms with Gasteiger partial charge in [0.1, 0.15) is 12.7 Å². The van der Waals surface area contributed by atoms with E-state index in [2.05, 4.69) is 10.2 Å². The van der Waals surface area contributed by atoms with Crippen LogP contribution >= 0.6 is 11.6 Å². The van der Waals surface area contributed by atoms with Gasteiger partial charge in [-0.25, -0.2) is 5.10 Å². The number of hydrogen-bond donors (Lipinski definition) is 1. The van der Waals surface area contributed by atoms with Gasteiger partial charge in [0.15, 0.2) is 0 Å². The Hall–Kier alpha value is -2.44. The summed E-state index contributed by atoms with van der Waals surface area (Å²) in [6.45, 7) is 3.32. The highest BCUT2D eigenvalue weighted by molar-refractivity contribution is 6.31. The van der Waals surface area contributed by atoms with Gasteiger partial charge in [-0.1, -0.05) is 35.9 Å². The molecule has 1 aromatic heterocycles. The van der Waals surface area contributed by atoms with Crippen molar-refractivity contribution in [2.75, 3.05) is 6.61 Å². The van der Waals surface area contributed by atoms with E-state index in [4.69, 9.17) is 21.1 Å². The zero-order valence-electron chi connectivity index (χ0n) is 15.2. The van der Waals surface area contributed by atoms with Crippen molar-refractivity contribution in [2.24, 2.45) is 0 Å². The second kappa shape index (κ2) is 8.50. The lowest BCUT2D eigenvalue weighted by atomic mass is 9.99. The lowest BCUT2D eigenvalue weighted by Crippen LogP contribution is -2.24. The van der Waals surface area contributed by atoms with E-state index in [1.165, 1.54) is 6.92 Å². The van der Waals surface area contributed by atoms with Crippen molar-refractivity contribution in [2.45, 2.75) is 38.9 Å². The van der Waals surface area contributed by atoms with Gasteiger partial charge in [-0.05, 0) is 36.6 Å². The number of ether oxygens (including phenoxy) is 2. The predicted molar refractivity (Wildman–Crippen MR) is 102 cm³/mol. The van der Waals surface area contributed by atoms with Crippen LogP contribution in [0.15, 0.2) is 41.2 Å². The minimum absolute atomic E-state index is 0.142. The van der Waals surface area contributed by atoms with Gasteiger partial charge in [-0.15, -0.1) is 0 Å². The molecule has 0 saturated heterocycles. The summed E-state index contributed by atoms with van der Waals surface area (Å²) in [4.78, 5) is 22.5. The van der Waals surface area contributed by atoms with E-state index in [-0.39, 0.29) is 30.3 Å². The van der Waals surface area contributed by atoms with Gasteiger partial charge < -0.3 is 9.47 Å². The average Bonchev–Trinajstić information content (AvgIpc) is 2.65. The molecule has 0 unspecified atom stereocenters. The van der Waals surface area contributed by atoms with Crippen molar-refractivity contribution < 1.29 is 14.3 Å². The third kappa shape index (κ3) is 5.05. The maximum atomic E-state index is 11.5. The van der Waals surface area contributed by atoms with Crippen LogP contribution in [0.25, 0.3) is 0 Å². The quantitative estimate of drug-likeness (QED) is 0.628. The second-order valence-corrected chi connectivity index (χ2v) is 6.94. The number of halogens is 1. The highest BCUT2D eigenvalue weighted by Gasteiger charge is 2.21. The number of nitrogens with one attached hydrogen (secondary N) is 1. The zero-order valence-corrected chi connectivity index (χ0v) is 16.0. The molecule has 0 saturated carbocycles. The van der Waals surface area contributed by atoms with Gasteiger partial charge in [0, 0.05) is 23.9 Å². The molecule has 6 nitrogen and oxygen atoms in total. The molecule has 7 heteroatoms. The zero-order chi connectivity index (χ0) is 19.4. The molecule has 0 fully saturated rings. The number of esters is 1. The summed E-state index contributed by atoms with van der Waals surface area (Å²) in [5.41, 5.74) is 3.06. The molecule has 2 heterocycles. The van der Waals surface area contributed by atoms with Gasteiger partial charge >= 0.3 is 5.97 Å². The molecule has 2 atom stereocenters. The third-order valence-corrected chi connectivity index (χ3v) is 4.71. The number of hydrogen-bond acceptors (Lipinski definition) is 5. The summed E-state index contributed by atoms with van der Waals surface area (Å²) in [5, 5.41) is 7.21. The molecule has 142 valence electrons. The predicted octanol–water partition coefficient (Wildman–Crippen LogP) is 3.27. The molecule has 3 rings (SSSR count). The van der Waals surface area contributed by atoms with Crippen LogP contribution in [0.2, 0.25) is 5.02 Å². The SMILES string of the molecule is CC(=O)OC[C@@H]1C=CC[C@@H](c2ccc(Cl)c(Cc3cc(C)c(=O)[nH]n3)c2)O1. The first-order valence-electron chi connectivity index (χ1n) is 8.71. The Balaban J connectivity index is 1.76. The standard InChI is InChI=1S/C20H21ClN2O4/c1-12-8-16(22-23-20(12)25)10-15-9-14(6-7-18(15)21)19-5-3-4-17(27-19)11-26-13(2)24/h3-4,6-9,17,19H,5,10-11H2,1-2H3,(H,23,25)/t17-,19-/m0/s1. The number of rotatable bonds is 5. The van der Waals surface area contributed by atoms with E-state index in [1.54, 1.807) is 13.0 Å². The molecule has 1 aliphatic heterocycles. The first-order valence-corrected chi connectivity index (χ1v) is 9.09. The fraction of sp³-hybridized carbons (Fsp3) is 0.350. The molecule has 2 aromatic rings. The van der Waals surface area contributed by atoms with E-state index in [0.29, 0.717) is 17.0 Å². The summed E-state index contributed by atoms with van der Waals surface area (Å²) in [5.74, 6) is -0.327. The number of nitrogens with zero attached hydrogens (tertiary/aromatic N) is 1. The van der Waals surface area contributed by atoms with Crippen LogP contribution in [0.3, 0.4) is 0 Å². The van der Waals surface area contributed by atoms with Crippen LogP contribution < -0.4 is 5.56 Å². The number of aromatic nitrogens is 2. The Morgan fingerprint density at radius 2 is 2.22 bits per heavy atom. The highest BCUT2D eigenvalue weighted by Crippen LogP contribution is 2.31. The number of aryl methyl sites for hydroxylation is 1. The summed E-state index contributed by atoms with van der Waals surface area (Å²) in [6.07, 6.45) is 4.76. The number of carbonyl (C=O) groups is 1. The smallest absolute Gasteiger partial charge is 0.302 e. The van der Waals surface area contributed by atoms with Crippen LogP contribution in [0.1, 0.15) is 41.8 Å². The second-order valence-electron chi connectivity index (χ2n) is 6.53. The lowest BCUT2D eigenvalue weighted by molar-refractivity contribution is -0.145. The van der Waals surface area contributed by atoms with Crippen molar-refractivity contribution in [1.82, 2.24) is 10.2 Å². The Morgan fingerprint density at radius 1 is 1.41 bits per heavy atom. The average molecular weight is 389 g/mol. The maximum Gasteiger partial charge on any atom is 0.302 e. The van der Waals surface area contributed by atoms with Gasteiger partial charge in [-0.2, -0.15) is 5.10 Å². The van der Waals surface area contributed by atoms with Crippen molar-refractivity contribution in [3.8, 4) is 0 Å². The minimum Gasteiger partial charge on any atom is -0.463 e. The van der Waals surface area contributed by atoms with Crippen LogP contribution in [0.4, 0.5) is 0 Å². The highest BCUT2D eigenvalue weighted by atomic mass is 35.5. The summed E-state index contributed by atoms with van der Waals surface area (Å²) < 4.78 is 11.1. The van der Waals surface area contributed by atoms with Crippen LogP contribution in [-0.2, 0) is 20.7 Å². The Kier molecular flexibility index (Phi) is 6.08. The lowest BCUT2D eigenvalue weighted by Gasteiger charge is -2.26. The molecule has 0 radical (unpaired) electrons. The molecular weight excluding hydrogens is 368 g/mol. The largest absolute Gasteiger partial charge is 0.463 e. The van der Waals surface area contributed by atoms with E-state index in [1.807, 2.05) is 30.4 Å². The number of benzene rings is 1. The fourth-order valence-electron chi connectivity index (χ4n) is 2.95. The van der Waals surface area contributed by atoms with Gasteiger partial charge in [0.05, 0.1) is 11.8 Å². The third-order valence-electron chi connectivity index (χ3n) is 4.35. The molecule has 1 aromatic carbocycles. The summed E-state index contributed by atoms with van der Waals surface area (Å²) in [6, 6.07) is 7.53.